The Hall–Kier alpha value is -2.98. The summed E-state index contributed by atoms with van der Waals surface area (Å²) in [6, 6.07) is 22.7. The number of hydrogen-bond acceptors (Lipinski definition) is 4. The van der Waals surface area contributed by atoms with Gasteiger partial charge in [-0.15, -0.1) is 0 Å². The van der Waals surface area contributed by atoms with Crippen LogP contribution in [-0.2, 0) is 5.41 Å². The molecule has 32 heavy (non-hydrogen) atoms. The number of hydrazone groups is 1. The van der Waals surface area contributed by atoms with Gasteiger partial charge in [-0.05, 0) is 34.7 Å². The van der Waals surface area contributed by atoms with Crippen LogP contribution >= 0.6 is 11.6 Å². The normalized spacial score (nSPS) is 19.7. The summed E-state index contributed by atoms with van der Waals surface area (Å²) in [5, 5.41) is 7.85. The molecule has 4 nitrogen and oxygen atoms in total. The maximum atomic E-state index is 6.56. The number of ether oxygens (including phenoxy) is 2. The van der Waals surface area contributed by atoms with Gasteiger partial charge in [-0.1, -0.05) is 80.9 Å². The molecule has 0 amide bonds. The summed E-state index contributed by atoms with van der Waals surface area (Å²) in [6.07, 6.45) is 0.462. The predicted octanol–water partition coefficient (Wildman–Crippen LogP) is 6.89. The fraction of sp³-hybridized carbons (Fsp3) is 0.296. The molecule has 0 unspecified atom stereocenters. The zero-order chi connectivity index (χ0) is 22.5. The molecule has 5 rings (SSSR count). The number of para-hydroxylation sites is 1. The minimum absolute atomic E-state index is 0.0758. The SMILES string of the molecule is COc1cccc2c1O[C@H](c1ccc(C(C)(C)C)cc1)N1N=C(c3ccc(Cl)cc3)C[C@@H]21. The third-order valence-electron chi connectivity index (χ3n) is 6.24. The van der Waals surface area contributed by atoms with Crippen LogP contribution in [0, 0.1) is 0 Å². The summed E-state index contributed by atoms with van der Waals surface area (Å²) in [4.78, 5) is 0. The molecule has 0 bridgehead atoms. The van der Waals surface area contributed by atoms with Crippen molar-refractivity contribution >= 4 is 17.3 Å². The van der Waals surface area contributed by atoms with Crippen LogP contribution in [0.2, 0.25) is 5.02 Å². The first-order chi connectivity index (χ1) is 15.3. The van der Waals surface area contributed by atoms with Gasteiger partial charge in [0.15, 0.2) is 11.5 Å². The first-order valence-corrected chi connectivity index (χ1v) is 11.3. The molecule has 2 atom stereocenters. The highest BCUT2D eigenvalue weighted by molar-refractivity contribution is 6.30. The van der Waals surface area contributed by atoms with Crippen LogP contribution in [0.15, 0.2) is 71.8 Å². The number of nitrogens with zero attached hydrogens (tertiary/aromatic N) is 2. The Morgan fingerprint density at radius 2 is 1.72 bits per heavy atom. The van der Waals surface area contributed by atoms with Crippen molar-refractivity contribution in [3.63, 3.8) is 0 Å². The number of halogens is 1. The van der Waals surface area contributed by atoms with Crippen LogP contribution < -0.4 is 9.47 Å². The smallest absolute Gasteiger partial charge is 0.214 e. The molecule has 5 heteroatoms. The lowest BCUT2D eigenvalue weighted by Gasteiger charge is -2.38. The number of hydrogen-bond donors (Lipinski definition) is 0. The Labute approximate surface area is 194 Å². The number of benzene rings is 3. The maximum absolute atomic E-state index is 6.56. The minimum atomic E-state index is -0.331. The fourth-order valence-electron chi connectivity index (χ4n) is 4.43. The van der Waals surface area contributed by atoms with Gasteiger partial charge in [-0.2, -0.15) is 5.10 Å². The van der Waals surface area contributed by atoms with Crippen LogP contribution in [-0.4, -0.2) is 17.8 Å². The molecule has 2 heterocycles. The molecule has 3 aromatic rings. The van der Waals surface area contributed by atoms with Crippen molar-refractivity contribution < 1.29 is 9.47 Å². The first kappa shape index (κ1) is 20.9. The highest BCUT2D eigenvalue weighted by Gasteiger charge is 2.42. The van der Waals surface area contributed by atoms with Gasteiger partial charge >= 0.3 is 0 Å². The van der Waals surface area contributed by atoms with Crippen LogP contribution in [0.5, 0.6) is 11.5 Å². The number of fused-ring (bicyclic) bond motifs is 3. The van der Waals surface area contributed by atoms with Crippen LogP contribution in [0.4, 0.5) is 0 Å². The Morgan fingerprint density at radius 1 is 1.00 bits per heavy atom. The second kappa shape index (κ2) is 7.86. The van der Waals surface area contributed by atoms with Gasteiger partial charge in [0.05, 0.1) is 18.9 Å². The average molecular weight is 447 g/mol. The Morgan fingerprint density at radius 3 is 2.38 bits per heavy atom. The van der Waals surface area contributed by atoms with Crippen molar-refractivity contribution in [3.8, 4) is 11.5 Å². The van der Waals surface area contributed by atoms with Crippen molar-refractivity contribution in [2.45, 2.75) is 44.9 Å². The summed E-state index contributed by atoms with van der Waals surface area (Å²) in [7, 11) is 1.68. The molecule has 0 N–H and O–H groups in total. The van der Waals surface area contributed by atoms with Gasteiger partial charge in [0.25, 0.3) is 0 Å². The standard InChI is InChI=1S/C27H27ClN2O2/c1-27(2,3)19-12-8-18(9-13-19)26-30-23(21-6-5-7-24(31-4)25(21)32-26)16-22(29-30)17-10-14-20(28)15-11-17/h5-15,23,26H,16H2,1-4H3/t23-,26+/m0/s1. The van der Waals surface area contributed by atoms with Crippen molar-refractivity contribution in [2.24, 2.45) is 5.10 Å². The largest absolute Gasteiger partial charge is 0.493 e. The quantitative estimate of drug-likeness (QED) is 0.439. The van der Waals surface area contributed by atoms with Crippen LogP contribution in [0.1, 0.15) is 61.7 Å². The first-order valence-electron chi connectivity index (χ1n) is 10.9. The summed E-state index contributed by atoms with van der Waals surface area (Å²) >= 11 is 6.10. The van der Waals surface area contributed by atoms with Crippen LogP contribution in [0.25, 0.3) is 0 Å². The molecule has 0 saturated heterocycles. The van der Waals surface area contributed by atoms with E-state index in [-0.39, 0.29) is 17.7 Å². The van der Waals surface area contributed by atoms with E-state index >= 15 is 0 Å². The van der Waals surface area contributed by atoms with E-state index in [1.807, 2.05) is 36.4 Å². The van der Waals surface area contributed by atoms with Gasteiger partial charge in [0.1, 0.15) is 0 Å². The van der Waals surface area contributed by atoms with Gasteiger partial charge in [-0.25, -0.2) is 5.01 Å². The van der Waals surface area contributed by atoms with Crippen molar-refractivity contribution in [2.75, 3.05) is 7.11 Å². The van der Waals surface area contributed by atoms with E-state index in [1.165, 1.54) is 5.56 Å². The zero-order valence-corrected chi connectivity index (χ0v) is 19.6. The maximum Gasteiger partial charge on any atom is 0.214 e. The Balaban J connectivity index is 1.58. The van der Waals surface area contributed by atoms with Gasteiger partial charge in [-0.3, -0.25) is 0 Å². The topological polar surface area (TPSA) is 34.1 Å². The summed E-state index contributed by atoms with van der Waals surface area (Å²) in [6.45, 7) is 6.66. The van der Waals surface area contributed by atoms with E-state index in [1.54, 1.807) is 7.11 Å². The van der Waals surface area contributed by atoms with E-state index in [0.717, 1.165) is 45.3 Å². The Kier molecular flexibility index (Phi) is 5.13. The average Bonchev–Trinajstić information content (AvgIpc) is 3.24. The highest BCUT2D eigenvalue weighted by Crippen LogP contribution is 2.50. The summed E-state index contributed by atoms with van der Waals surface area (Å²) in [5.41, 5.74) is 5.66. The third kappa shape index (κ3) is 3.63. The molecule has 0 radical (unpaired) electrons. The molecule has 0 fully saturated rings. The van der Waals surface area contributed by atoms with Crippen molar-refractivity contribution in [1.29, 1.82) is 0 Å². The van der Waals surface area contributed by atoms with Gasteiger partial charge < -0.3 is 9.47 Å². The van der Waals surface area contributed by atoms with Crippen molar-refractivity contribution in [3.05, 3.63) is 94.0 Å². The molecule has 2 aliphatic heterocycles. The number of methoxy groups -OCH3 is 1. The van der Waals surface area contributed by atoms with E-state index in [9.17, 15) is 0 Å². The van der Waals surface area contributed by atoms with E-state index in [4.69, 9.17) is 26.2 Å². The monoisotopic (exact) mass is 446 g/mol. The van der Waals surface area contributed by atoms with Crippen LogP contribution in [0.3, 0.4) is 0 Å². The lowest BCUT2D eigenvalue weighted by atomic mass is 9.86. The molecule has 164 valence electrons. The lowest BCUT2D eigenvalue weighted by molar-refractivity contribution is -0.0209. The minimum Gasteiger partial charge on any atom is -0.493 e. The second-order valence-electron chi connectivity index (χ2n) is 9.37. The lowest BCUT2D eigenvalue weighted by Crippen LogP contribution is -2.34. The molecule has 0 aromatic heterocycles. The fourth-order valence-corrected chi connectivity index (χ4v) is 4.55. The predicted molar refractivity (Wildman–Crippen MR) is 129 cm³/mol. The summed E-state index contributed by atoms with van der Waals surface area (Å²) < 4.78 is 12.2. The molecule has 0 saturated carbocycles. The molecular weight excluding hydrogens is 420 g/mol. The van der Waals surface area contributed by atoms with Crippen molar-refractivity contribution in [1.82, 2.24) is 5.01 Å². The second-order valence-corrected chi connectivity index (χ2v) is 9.81. The highest BCUT2D eigenvalue weighted by atomic mass is 35.5. The van der Waals surface area contributed by atoms with Gasteiger partial charge in [0.2, 0.25) is 6.23 Å². The molecule has 0 aliphatic carbocycles. The van der Waals surface area contributed by atoms with E-state index in [0.29, 0.717) is 0 Å². The zero-order valence-electron chi connectivity index (χ0n) is 18.8. The van der Waals surface area contributed by atoms with E-state index < -0.39 is 0 Å². The molecule has 0 spiro atoms. The number of rotatable bonds is 3. The third-order valence-corrected chi connectivity index (χ3v) is 6.49. The molecule has 3 aromatic carbocycles. The summed E-state index contributed by atoms with van der Waals surface area (Å²) in [5.74, 6) is 1.55. The van der Waals surface area contributed by atoms with Gasteiger partial charge in [0, 0.05) is 22.6 Å². The Bertz CT molecular complexity index is 1160. The molecule has 2 aliphatic rings. The molecular formula is C27H27ClN2O2. The van der Waals surface area contributed by atoms with E-state index in [2.05, 4.69) is 56.1 Å².